The lowest BCUT2D eigenvalue weighted by Crippen LogP contribution is -2.15. The average Bonchev–Trinajstić information content (AvgIpc) is 1.85. The predicted octanol–water partition coefficient (Wildman–Crippen LogP) is 0.719. The second-order valence-corrected chi connectivity index (χ2v) is 2.06. The van der Waals surface area contributed by atoms with E-state index in [0.29, 0.717) is 0 Å². The molecule has 54 valence electrons. The van der Waals surface area contributed by atoms with Gasteiger partial charge in [-0.3, -0.25) is 0 Å². The van der Waals surface area contributed by atoms with Crippen LogP contribution in [0.15, 0.2) is 11.8 Å². The lowest BCUT2D eigenvalue weighted by Gasteiger charge is -2.00. The Morgan fingerprint density at radius 2 is 2.22 bits per heavy atom. The summed E-state index contributed by atoms with van der Waals surface area (Å²) in [5, 5.41) is 6.20. The van der Waals surface area contributed by atoms with Crippen LogP contribution < -0.4 is 10.6 Å². The quantitative estimate of drug-likeness (QED) is 0.583. The first-order chi connectivity index (χ1) is 4.31. The highest BCUT2D eigenvalue weighted by Gasteiger charge is 1.83. The molecule has 2 heteroatoms. The van der Waals surface area contributed by atoms with Crippen LogP contribution in [0.5, 0.6) is 0 Å². The number of hydrogen-bond acceptors (Lipinski definition) is 2. The number of likely N-dealkylation sites (N-methyl/N-ethyl adjacent to an activating group) is 1. The molecule has 0 amide bonds. The highest BCUT2D eigenvalue weighted by molar-refractivity contribution is 4.97. The summed E-state index contributed by atoms with van der Waals surface area (Å²) in [6, 6.07) is 0. The molecule has 0 aliphatic carbocycles. The maximum atomic E-state index is 3.22. The number of rotatable bonds is 4. The Labute approximate surface area is 57.3 Å². The van der Waals surface area contributed by atoms with Gasteiger partial charge >= 0.3 is 0 Å². The Bertz CT molecular complexity index is 86.9. The van der Waals surface area contributed by atoms with Gasteiger partial charge in [0, 0.05) is 13.6 Å². The summed E-state index contributed by atoms with van der Waals surface area (Å²) in [6.07, 6.45) is 2.00. The Morgan fingerprint density at radius 1 is 1.56 bits per heavy atom. The van der Waals surface area contributed by atoms with Crippen molar-refractivity contribution in [3.05, 3.63) is 11.8 Å². The molecule has 0 bridgehead atoms. The van der Waals surface area contributed by atoms with Crippen LogP contribution in [-0.2, 0) is 0 Å². The molecule has 0 aromatic rings. The van der Waals surface area contributed by atoms with Gasteiger partial charge in [0.2, 0.25) is 0 Å². The first-order valence-electron chi connectivity index (χ1n) is 3.35. The van der Waals surface area contributed by atoms with Crippen LogP contribution >= 0.6 is 0 Å². The fourth-order valence-corrected chi connectivity index (χ4v) is 0.620. The van der Waals surface area contributed by atoms with Crippen LogP contribution in [-0.4, -0.2) is 20.1 Å². The standard InChI is InChI=1S/C7H16N2/c1-4-9-6-7(2)5-8-3/h5,8-9H,4,6H2,1-3H3/b7-5-. The summed E-state index contributed by atoms with van der Waals surface area (Å²) >= 11 is 0. The SMILES string of the molecule is CCNC/C(C)=C\NC. The van der Waals surface area contributed by atoms with E-state index in [0.717, 1.165) is 13.1 Å². The van der Waals surface area contributed by atoms with Gasteiger partial charge in [-0.1, -0.05) is 6.92 Å². The lowest BCUT2D eigenvalue weighted by atomic mass is 10.3. The van der Waals surface area contributed by atoms with Crippen LogP contribution in [0.2, 0.25) is 0 Å². The van der Waals surface area contributed by atoms with Crippen LogP contribution in [0.3, 0.4) is 0 Å². The minimum Gasteiger partial charge on any atom is -0.394 e. The van der Waals surface area contributed by atoms with E-state index in [9.17, 15) is 0 Å². The van der Waals surface area contributed by atoms with E-state index >= 15 is 0 Å². The molecule has 2 N–H and O–H groups in total. The minimum absolute atomic E-state index is 0.983. The smallest absolute Gasteiger partial charge is 0.0179 e. The van der Waals surface area contributed by atoms with E-state index in [1.165, 1.54) is 5.57 Å². The summed E-state index contributed by atoms with van der Waals surface area (Å²) in [5.41, 5.74) is 1.33. The Morgan fingerprint density at radius 3 is 2.67 bits per heavy atom. The zero-order valence-electron chi connectivity index (χ0n) is 6.49. The number of hydrogen-bond donors (Lipinski definition) is 2. The largest absolute Gasteiger partial charge is 0.394 e. The zero-order valence-corrected chi connectivity index (χ0v) is 6.49. The van der Waals surface area contributed by atoms with Gasteiger partial charge in [0.05, 0.1) is 0 Å². The fourth-order valence-electron chi connectivity index (χ4n) is 0.620. The molecule has 0 saturated carbocycles. The van der Waals surface area contributed by atoms with E-state index < -0.39 is 0 Å². The van der Waals surface area contributed by atoms with Crippen molar-refractivity contribution in [2.24, 2.45) is 0 Å². The van der Waals surface area contributed by atoms with Crippen molar-refractivity contribution in [3.8, 4) is 0 Å². The molecule has 0 rings (SSSR count). The van der Waals surface area contributed by atoms with E-state index in [4.69, 9.17) is 0 Å². The molecular formula is C7H16N2. The van der Waals surface area contributed by atoms with Crippen molar-refractivity contribution >= 4 is 0 Å². The average molecular weight is 128 g/mol. The summed E-state index contributed by atoms with van der Waals surface area (Å²) in [5.74, 6) is 0. The number of nitrogens with one attached hydrogen (secondary N) is 2. The summed E-state index contributed by atoms with van der Waals surface area (Å²) in [4.78, 5) is 0. The topological polar surface area (TPSA) is 24.1 Å². The molecule has 0 spiro atoms. The van der Waals surface area contributed by atoms with Crippen LogP contribution in [0, 0.1) is 0 Å². The van der Waals surface area contributed by atoms with E-state index in [1.807, 2.05) is 13.2 Å². The first-order valence-corrected chi connectivity index (χ1v) is 3.35. The van der Waals surface area contributed by atoms with Gasteiger partial charge in [0.25, 0.3) is 0 Å². The normalized spacial score (nSPS) is 11.7. The third-order valence-electron chi connectivity index (χ3n) is 1.04. The van der Waals surface area contributed by atoms with Crippen molar-refractivity contribution in [1.82, 2.24) is 10.6 Å². The van der Waals surface area contributed by atoms with Gasteiger partial charge in [-0.05, 0) is 25.2 Å². The van der Waals surface area contributed by atoms with Gasteiger partial charge in [-0.2, -0.15) is 0 Å². The second kappa shape index (κ2) is 5.63. The monoisotopic (exact) mass is 128 g/mol. The molecule has 0 aliphatic heterocycles. The molecule has 0 radical (unpaired) electrons. The molecule has 9 heavy (non-hydrogen) atoms. The lowest BCUT2D eigenvalue weighted by molar-refractivity contribution is 0.771. The van der Waals surface area contributed by atoms with E-state index in [-0.39, 0.29) is 0 Å². The Balaban J connectivity index is 3.25. The fraction of sp³-hybridized carbons (Fsp3) is 0.714. The van der Waals surface area contributed by atoms with Crippen molar-refractivity contribution < 1.29 is 0 Å². The molecule has 0 heterocycles. The molecule has 0 aromatic carbocycles. The van der Waals surface area contributed by atoms with Crippen LogP contribution in [0.25, 0.3) is 0 Å². The minimum atomic E-state index is 0.983. The first kappa shape index (κ1) is 8.50. The maximum Gasteiger partial charge on any atom is 0.0179 e. The van der Waals surface area contributed by atoms with Crippen LogP contribution in [0.4, 0.5) is 0 Å². The van der Waals surface area contributed by atoms with Gasteiger partial charge in [0.15, 0.2) is 0 Å². The van der Waals surface area contributed by atoms with E-state index in [2.05, 4.69) is 24.5 Å². The van der Waals surface area contributed by atoms with Gasteiger partial charge < -0.3 is 10.6 Å². The van der Waals surface area contributed by atoms with Crippen molar-refractivity contribution in [3.63, 3.8) is 0 Å². The predicted molar refractivity (Wildman–Crippen MR) is 41.4 cm³/mol. The van der Waals surface area contributed by atoms with Crippen LogP contribution in [0.1, 0.15) is 13.8 Å². The Hall–Kier alpha value is -0.500. The Kier molecular flexibility index (Phi) is 5.32. The van der Waals surface area contributed by atoms with Crippen molar-refractivity contribution in [1.29, 1.82) is 0 Å². The summed E-state index contributed by atoms with van der Waals surface area (Å²) < 4.78 is 0. The highest BCUT2D eigenvalue weighted by Crippen LogP contribution is 1.84. The third-order valence-corrected chi connectivity index (χ3v) is 1.04. The molecule has 0 saturated heterocycles. The van der Waals surface area contributed by atoms with Gasteiger partial charge in [-0.25, -0.2) is 0 Å². The van der Waals surface area contributed by atoms with Crippen molar-refractivity contribution in [2.75, 3.05) is 20.1 Å². The molecule has 0 aliphatic rings. The zero-order chi connectivity index (χ0) is 7.11. The molecule has 2 nitrogen and oxygen atoms in total. The maximum absolute atomic E-state index is 3.22. The summed E-state index contributed by atoms with van der Waals surface area (Å²) in [6.45, 7) is 6.22. The molecule has 0 unspecified atom stereocenters. The molecule has 0 fully saturated rings. The van der Waals surface area contributed by atoms with Gasteiger partial charge in [-0.15, -0.1) is 0 Å². The third kappa shape index (κ3) is 5.37. The van der Waals surface area contributed by atoms with Gasteiger partial charge in [0.1, 0.15) is 0 Å². The molecule has 0 atom stereocenters. The molecule has 0 aromatic heterocycles. The summed E-state index contributed by atoms with van der Waals surface area (Å²) in [7, 11) is 1.91. The van der Waals surface area contributed by atoms with Crippen molar-refractivity contribution in [2.45, 2.75) is 13.8 Å². The molecular weight excluding hydrogens is 112 g/mol. The highest BCUT2D eigenvalue weighted by atomic mass is 14.8. The van der Waals surface area contributed by atoms with E-state index in [1.54, 1.807) is 0 Å². The second-order valence-electron chi connectivity index (χ2n) is 2.06.